The van der Waals surface area contributed by atoms with Crippen molar-refractivity contribution in [2.45, 2.75) is 228 Å². The molecule has 20 nitrogen and oxygen atoms in total. The molecule has 0 aliphatic heterocycles. The van der Waals surface area contributed by atoms with E-state index in [0.717, 1.165) is 73.0 Å². The monoisotopic (exact) mass is 1850 g/mol. The highest BCUT2D eigenvalue weighted by Gasteiger charge is 2.62. The number of rotatable bonds is 32. The van der Waals surface area contributed by atoms with E-state index in [1.807, 2.05) is 72.8 Å². The summed E-state index contributed by atoms with van der Waals surface area (Å²) in [6, 6.07) is 41.7. The molecule has 16 fully saturated rings. The maximum Gasteiger partial charge on any atom is 0.338 e. The molecule has 25 rings (SSSR count). The Morgan fingerprint density at radius 2 is 0.412 bits per heavy atom. The Bertz CT molecular complexity index is 4940. The topological polar surface area (TPSA) is 260 Å². The Labute approximate surface area is 800 Å². The van der Waals surface area contributed by atoms with Gasteiger partial charge >= 0.3 is 23.9 Å². The first-order chi connectivity index (χ1) is 66.1. The number of aromatic hydroxyl groups is 4. The van der Waals surface area contributed by atoms with Gasteiger partial charge in [0.1, 0.15) is 72.4 Å². The van der Waals surface area contributed by atoms with Crippen LogP contribution in [0.5, 0.6) is 46.0 Å². The predicted octanol–water partition coefficient (Wildman–Crippen LogP) is 22.7. The quantitative estimate of drug-likeness (QED) is 0.0173. The van der Waals surface area contributed by atoms with E-state index < -0.39 is 47.5 Å². The number of phenols is 4. The Morgan fingerprint density at radius 3 is 0.566 bits per heavy atom. The van der Waals surface area contributed by atoms with E-state index >= 15 is 0 Å². The van der Waals surface area contributed by atoms with Crippen LogP contribution >= 0.6 is 0 Å². The molecule has 4 unspecified atom stereocenters. The van der Waals surface area contributed by atoms with Gasteiger partial charge in [0.05, 0.1) is 99.5 Å². The summed E-state index contributed by atoms with van der Waals surface area (Å²) >= 11 is 0. The number of carbonyl (C=O) groups is 4. The highest BCUT2D eigenvalue weighted by Crippen LogP contribution is 2.66. The third-order valence-corrected chi connectivity index (χ3v) is 37.0. The number of hydrogen-bond donors (Lipinski definition) is 4. The fourth-order valence-corrected chi connectivity index (χ4v) is 31.7. The normalized spacial score (nSPS) is 32.4. The van der Waals surface area contributed by atoms with Crippen LogP contribution in [0.25, 0.3) is 0 Å². The summed E-state index contributed by atoms with van der Waals surface area (Å²) in [6.07, 6.45) is 28.0. The van der Waals surface area contributed by atoms with Gasteiger partial charge in [0.25, 0.3) is 0 Å². The number of benzene rings is 8. The number of esters is 4. The lowest BCUT2D eigenvalue weighted by molar-refractivity contribution is -0.208. The molecule has 0 aromatic heterocycles. The van der Waals surface area contributed by atoms with Gasteiger partial charge in [-0.1, -0.05) is 76.2 Å². The van der Waals surface area contributed by atoms with Crippen molar-refractivity contribution in [2.24, 2.45) is 94.7 Å². The van der Waals surface area contributed by atoms with Crippen molar-refractivity contribution in [1.29, 1.82) is 0 Å². The summed E-state index contributed by atoms with van der Waals surface area (Å²) in [7, 11) is 6.01. The van der Waals surface area contributed by atoms with Crippen LogP contribution in [0.1, 0.15) is 314 Å². The van der Waals surface area contributed by atoms with Crippen molar-refractivity contribution in [2.75, 3.05) is 81.3 Å². The van der Waals surface area contributed by atoms with Gasteiger partial charge in [-0.05, 0) is 344 Å². The van der Waals surface area contributed by atoms with Crippen molar-refractivity contribution in [3.8, 4) is 46.0 Å². The maximum atomic E-state index is 14.5. The van der Waals surface area contributed by atoms with Crippen LogP contribution in [-0.4, -0.2) is 148 Å². The molecular weight excluding hydrogens is 1710 g/mol. The maximum absolute atomic E-state index is 14.5. The summed E-state index contributed by atoms with van der Waals surface area (Å²) < 4.78 is 77.9. The van der Waals surface area contributed by atoms with Crippen LogP contribution < -0.4 is 18.9 Å². The molecule has 0 amide bonds. The van der Waals surface area contributed by atoms with Gasteiger partial charge in [-0.2, -0.15) is 0 Å². The molecule has 24 bridgehead atoms. The smallest absolute Gasteiger partial charge is 0.338 e. The highest BCUT2D eigenvalue weighted by atomic mass is 16.6. The minimum absolute atomic E-state index is 0.0589. The first-order valence-corrected chi connectivity index (χ1v) is 51.4. The second-order valence-electron chi connectivity index (χ2n) is 43.2. The third kappa shape index (κ3) is 16.4. The lowest BCUT2D eigenvalue weighted by atomic mass is 9.49. The van der Waals surface area contributed by atoms with Crippen LogP contribution in [0, 0.1) is 94.7 Å². The van der Waals surface area contributed by atoms with Crippen LogP contribution in [0.15, 0.2) is 146 Å². The Morgan fingerprint density at radius 1 is 0.243 bits per heavy atom. The number of fused-ring (bicyclic) bond motifs is 8. The zero-order valence-electron chi connectivity index (χ0n) is 80.4. The second-order valence-corrected chi connectivity index (χ2v) is 43.2. The average Bonchev–Trinajstić information content (AvgIpc) is 0.726. The van der Waals surface area contributed by atoms with E-state index in [2.05, 4.69) is 27.7 Å². The SMILES string of the molecule is CCC1(OCCOC(=O)c2ccc(C3c4cc(c(OC)cc4O)C(c4ccc(C(=O)OCCOC5(CC)C6CC7CC(C6)CC5C7)cc4)c4cc(c(OC)cc4O)C(c4ccc(C(=O)OCCOC5(CC)C6CC7CC(C6)CC5C7)cc4)c4cc(c(OC)cc4O)C(c4ccc(C(=O)OCCOC5(CC)C6CC7CC(C6)CC5C7)cc4)c4cc3c(OC)cc4O)cc2)C2CC3CC(C2)CC1C3. The van der Waals surface area contributed by atoms with Gasteiger partial charge in [-0.3, -0.25) is 0 Å². The molecule has 17 aliphatic carbocycles. The highest BCUT2D eigenvalue weighted by molar-refractivity contribution is 5.91. The molecule has 720 valence electrons. The third-order valence-electron chi connectivity index (χ3n) is 37.0. The number of hydrogen-bond acceptors (Lipinski definition) is 20. The molecule has 136 heavy (non-hydrogen) atoms. The molecular formula is C116H136O20. The van der Waals surface area contributed by atoms with Crippen LogP contribution in [0.2, 0.25) is 0 Å². The average molecular weight is 1850 g/mol. The van der Waals surface area contributed by atoms with Gasteiger partial charge in [0.15, 0.2) is 0 Å². The zero-order chi connectivity index (χ0) is 93.8. The van der Waals surface area contributed by atoms with Gasteiger partial charge in [0, 0.05) is 92.4 Å². The van der Waals surface area contributed by atoms with E-state index in [4.69, 9.17) is 56.8 Å². The minimum atomic E-state index is -1.05. The van der Waals surface area contributed by atoms with E-state index in [9.17, 15) is 39.6 Å². The lowest BCUT2D eigenvalue weighted by Crippen LogP contribution is -2.59. The number of ether oxygens (including phenoxy) is 12. The summed E-state index contributed by atoms with van der Waals surface area (Å²) in [5.74, 6) is 3.69. The zero-order valence-corrected chi connectivity index (χ0v) is 80.4. The van der Waals surface area contributed by atoms with Crippen molar-refractivity contribution >= 4 is 23.9 Å². The molecule has 20 heteroatoms. The summed E-state index contributed by atoms with van der Waals surface area (Å²) in [5, 5.41) is 53.3. The first kappa shape index (κ1) is 92.2. The molecule has 0 radical (unpaired) electrons. The second kappa shape index (κ2) is 37.6. The molecule has 8 aromatic rings. The van der Waals surface area contributed by atoms with Gasteiger partial charge in [-0.25, -0.2) is 19.2 Å². The fraction of sp³-hybridized carbons (Fsp3) is 0.552. The molecule has 4 atom stereocenters. The van der Waals surface area contributed by atoms with E-state index in [1.54, 1.807) is 48.5 Å². The molecule has 0 spiro atoms. The predicted molar refractivity (Wildman–Crippen MR) is 513 cm³/mol. The molecule has 0 heterocycles. The number of phenolic OH excluding ortho intramolecular Hbond substituents is 4. The lowest BCUT2D eigenvalue weighted by Gasteiger charge is -2.60. The van der Waals surface area contributed by atoms with Crippen LogP contribution in [0.3, 0.4) is 0 Å². The number of carbonyl (C=O) groups excluding carboxylic acids is 4. The molecule has 17 aliphatic rings. The van der Waals surface area contributed by atoms with Crippen molar-refractivity contribution in [1.82, 2.24) is 0 Å². The molecule has 8 aromatic carbocycles. The van der Waals surface area contributed by atoms with Gasteiger partial charge in [0.2, 0.25) is 0 Å². The largest absolute Gasteiger partial charge is 0.507 e. The Hall–Kier alpha value is -10.1. The van der Waals surface area contributed by atoms with Crippen molar-refractivity contribution < 1.29 is 96.4 Å². The van der Waals surface area contributed by atoms with E-state index in [0.29, 0.717) is 114 Å². The summed E-state index contributed by atoms with van der Waals surface area (Å²) in [5.41, 5.74) is 5.32. The van der Waals surface area contributed by atoms with Crippen LogP contribution in [-0.2, 0) is 37.9 Å². The molecule has 4 N–H and O–H groups in total. The van der Waals surface area contributed by atoms with Gasteiger partial charge < -0.3 is 77.3 Å². The summed E-state index contributed by atoms with van der Waals surface area (Å²) in [6.45, 7) is 10.3. The van der Waals surface area contributed by atoms with Crippen molar-refractivity contribution in [3.63, 3.8) is 0 Å². The van der Waals surface area contributed by atoms with Crippen LogP contribution in [0.4, 0.5) is 0 Å². The van der Waals surface area contributed by atoms with E-state index in [-0.39, 0.29) is 144 Å². The van der Waals surface area contributed by atoms with E-state index in [1.165, 1.54) is 181 Å². The summed E-state index contributed by atoms with van der Waals surface area (Å²) in [4.78, 5) is 58.1. The fourth-order valence-electron chi connectivity index (χ4n) is 31.7. The van der Waals surface area contributed by atoms with Gasteiger partial charge in [-0.15, -0.1) is 0 Å². The van der Waals surface area contributed by atoms with Crippen molar-refractivity contribution in [3.05, 3.63) is 235 Å². The minimum Gasteiger partial charge on any atom is -0.507 e. The molecule has 0 saturated heterocycles. The standard InChI is InChI=1S/C116H136O20/c1-9-113(81-41-65-37-66(43-81)44-82(113)42-65)133-33-29-129-109(121)77-21-13-73(14-22-77)105-89-57-94(102(126-6)61-97(89)117)107(75-17-25-79(26-18-75)111(123)131-31-35-135-115(11-3)85-49-69-39-70(51-85)52-86(115)50-69)91-59-96(104(128-8)63-99(91)119)108(76-19-27-80(28-20-76)112(124)132-32-36-136-116(12-4)87-53-71-40-72(55-87)56-88(116)54-71)92-60-95(103(127-7)64-100(92)120)106(90-58-93(105)101(125-5)62-98(90)118)74-15-23-78(24-16-74)110(122)130-30-34-134-114(10-2)83-45-67-38-68(47-83)48-84(114)46-67/h13-28,57-72,81-88,105-108,117-120H,9-12,29-56H2,1-8H3. The Balaban J connectivity index is 0.677. The Kier molecular flexibility index (Phi) is 25.5. The number of methoxy groups -OCH3 is 4. The molecule has 16 saturated carbocycles. The first-order valence-electron chi connectivity index (χ1n) is 51.4.